The molecule has 0 amide bonds. The average Bonchev–Trinajstić information content (AvgIpc) is 3.13. The molecule has 0 saturated carbocycles. The van der Waals surface area contributed by atoms with Crippen LogP contribution in [0, 0.1) is 0 Å². The number of guanidine groups is 1. The Kier molecular flexibility index (Phi) is 12.2. The van der Waals surface area contributed by atoms with Gasteiger partial charge in [-0.1, -0.05) is 12.1 Å². The molecular weight excluding hydrogens is 455 g/mol. The molecule has 1 aliphatic heterocycles. The predicted molar refractivity (Wildman–Crippen MR) is 124 cm³/mol. The van der Waals surface area contributed by atoms with Gasteiger partial charge in [-0.2, -0.15) is 0 Å². The number of nitrogens with zero attached hydrogens (tertiary/aromatic N) is 2. The SMILES string of the molecule is CCNC(=NCCCCCOC)NC1CCN(c2ccccc2OC)C1.I. The summed E-state index contributed by atoms with van der Waals surface area (Å²) in [6, 6.07) is 8.61. The van der Waals surface area contributed by atoms with Crippen molar-refractivity contribution in [3.8, 4) is 5.75 Å². The summed E-state index contributed by atoms with van der Waals surface area (Å²) in [5.41, 5.74) is 1.17. The summed E-state index contributed by atoms with van der Waals surface area (Å²) in [7, 11) is 3.48. The smallest absolute Gasteiger partial charge is 0.191 e. The summed E-state index contributed by atoms with van der Waals surface area (Å²) in [4.78, 5) is 7.10. The molecule has 1 fully saturated rings. The Balaban J connectivity index is 0.00000364. The molecule has 154 valence electrons. The number of rotatable bonds is 10. The monoisotopic (exact) mass is 490 g/mol. The van der Waals surface area contributed by atoms with Gasteiger partial charge in [0.05, 0.1) is 12.8 Å². The minimum Gasteiger partial charge on any atom is -0.495 e. The second-order valence-electron chi connectivity index (χ2n) is 6.56. The van der Waals surface area contributed by atoms with Gasteiger partial charge in [-0.25, -0.2) is 0 Å². The van der Waals surface area contributed by atoms with E-state index in [4.69, 9.17) is 14.5 Å². The van der Waals surface area contributed by atoms with E-state index in [2.05, 4.69) is 34.6 Å². The average molecular weight is 490 g/mol. The van der Waals surface area contributed by atoms with E-state index in [0.717, 1.165) is 70.2 Å². The molecule has 1 unspecified atom stereocenters. The van der Waals surface area contributed by atoms with Crippen molar-refractivity contribution in [2.24, 2.45) is 4.99 Å². The van der Waals surface area contributed by atoms with E-state index in [1.165, 1.54) is 5.69 Å². The largest absolute Gasteiger partial charge is 0.495 e. The third kappa shape index (κ3) is 8.13. The number of aliphatic imine (C=N–C) groups is 1. The first-order valence-electron chi connectivity index (χ1n) is 9.70. The number of hydrogen-bond donors (Lipinski definition) is 2. The Labute approximate surface area is 181 Å². The van der Waals surface area contributed by atoms with Crippen LogP contribution in [0.3, 0.4) is 0 Å². The number of hydrogen-bond acceptors (Lipinski definition) is 4. The third-order valence-electron chi connectivity index (χ3n) is 4.58. The molecule has 0 radical (unpaired) electrons. The lowest BCUT2D eigenvalue weighted by Crippen LogP contribution is -2.44. The summed E-state index contributed by atoms with van der Waals surface area (Å²) >= 11 is 0. The van der Waals surface area contributed by atoms with E-state index >= 15 is 0 Å². The van der Waals surface area contributed by atoms with E-state index in [1.54, 1.807) is 14.2 Å². The molecular formula is C20H35IN4O2. The van der Waals surface area contributed by atoms with Crippen molar-refractivity contribution in [3.05, 3.63) is 24.3 Å². The standard InChI is InChI=1S/C20H34N4O2.HI/c1-4-21-20(22-13-8-5-9-15-25-2)23-17-12-14-24(16-17)18-10-6-7-11-19(18)26-3;/h6-7,10-11,17H,4-5,8-9,12-16H2,1-3H3,(H2,21,22,23);1H. The van der Waals surface area contributed by atoms with E-state index in [9.17, 15) is 0 Å². The summed E-state index contributed by atoms with van der Waals surface area (Å²) in [6.07, 6.45) is 4.45. The topological polar surface area (TPSA) is 58.1 Å². The van der Waals surface area contributed by atoms with Gasteiger partial charge in [0.15, 0.2) is 5.96 Å². The number of unbranched alkanes of at least 4 members (excludes halogenated alkanes) is 2. The van der Waals surface area contributed by atoms with Gasteiger partial charge in [0, 0.05) is 45.9 Å². The molecule has 0 spiro atoms. The highest BCUT2D eigenvalue weighted by atomic mass is 127. The van der Waals surface area contributed by atoms with E-state index in [0.29, 0.717) is 6.04 Å². The zero-order valence-corrected chi connectivity index (χ0v) is 19.2. The van der Waals surface area contributed by atoms with Crippen molar-refractivity contribution in [1.29, 1.82) is 0 Å². The maximum Gasteiger partial charge on any atom is 0.191 e. The number of benzene rings is 1. The Morgan fingerprint density at radius 3 is 2.78 bits per heavy atom. The van der Waals surface area contributed by atoms with Crippen LogP contribution in [0.1, 0.15) is 32.6 Å². The molecule has 2 N–H and O–H groups in total. The lowest BCUT2D eigenvalue weighted by atomic mass is 10.2. The van der Waals surface area contributed by atoms with Crippen LogP contribution >= 0.6 is 24.0 Å². The van der Waals surface area contributed by atoms with Gasteiger partial charge in [0.2, 0.25) is 0 Å². The van der Waals surface area contributed by atoms with Crippen molar-refractivity contribution in [2.75, 3.05) is 51.9 Å². The van der Waals surface area contributed by atoms with Crippen LogP contribution in [-0.2, 0) is 4.74 Å². The predicted octanol–water partition coefficient (Wildman–Crippen LogP) is 3.26. The van der Waals surface area contributed by atoms with Gasteiger partial charge in [0.25, 0.3) is 0 Å². The highest BCUT2D eigenvalue weighted by Crippen LogP contribution is 2.30. The summed E-state index contributed by atoms with van der Waals surface area (Å²) < 4.78 is 10.6. The molecule has 27 heavy (non-hydrogen) atoms. The van der Waals surface area contributed by atoms with Crippen LogP contribution in [0.2, 0.25) is 0 Å². The van der Waals surface area contributed by atoms with Gasteiger partial charge in [-0.15, -0.1) is 24.0 Å². The molecule has 6 nitrogen and oxygen atoms in total. The van der Waals surface area contributed by atoms with E-state index in [-0.39, 0.29) is 24.0 Å². The molecule has 0 aromatic heterocycles. The molecule has 1 atom stereocenters. The maximum absolute atomic E-state index is 5.50. The Morgan fingerprint density at radius 2 is 2.04 bits per heavy atom. The first-order chi connectivity index (χ1) is 12.8. The summed E-state index contributed by atoms with van der Waals surface area (Å²) in [5.74, 6) is 1.86. The molecule has 2 rings (SSSR count). The fourth-order valence-electron chi connectivity index (χ4n) is 3.23. The molecule has 1 saturated heterocycles. The van der Waals surface area contributed by atoms with Gasteiger partial charge in [-0.3, -0.25) is 4.99 Å². The molecule has 1 aliphatic rings. The Bertz CT molecular complexity index is 557. The number of anilines is 1. The number of para-hydroxylation sites is 2. The van der Waals surface area contributed by atoms with Gasteiger partial charge in [0.1, 0.15) is 5.75 Å². The zero-order valence-electron chi connectivity index (χ0n) is 16.9. The van der Waals surface area contributed by atoms with Crippen LogP contribution in [0.4, 0.5) is 5.69 Å². The van der Waals surface area contributed by atoms with Crippen molar-refractivity contribution < 1.29 is 9.47 Å². The number of ether oxygens (including phenoxy) is 2. The Morgan fingerprint density at radius 1 is 1.22 bits per heavy atom. The normalized spacial score (nSPS) is 16.8. The zero-order chi connectivity index (χ0) is 18.6. The number of methoxy groups -OCH3 is 2. The molecule has 7 heteroatoms. The van der Waals surface area contributed by atoms with Crippen LogP contribution in [0.25, 0.3) is 0 Å². The van der Waals surface area contributed by atoms with E-state index in [1.807, 2.05) is 12.1 Å². The number of nitrogens with one attached hydrogen (secondary N) is 2. The maximum atomic E-state index is 5.50. The quantitative estimate of drug-likeness (QED) is 0.228. The van der Waals surface area contributed by atoms with Gasteiger partial charge >= 0.3 is 0 Å². The van der Waals surface area contributed by atoms with Crippen LogP contribution in [-0.4, -0.2) is 59.0 Å². The summed E-state index contributed by atoms with van der Waals surface area (Å²) in [5, 5.41) is 6.95. The highest BCUT2D eigenvalue weighted by molar-refractivity contribution is 14.0. The minimum absolute atomic E-state index is 0. The first kappa shape index (κ1) is 23.8. The fourth-order valence-corrected chi connectivity index (χ4v) is 3.23. The molecule has 0 bridgehead atoms. The van der Waals surface area contributed by atoms with Gasteiger partial charge in [-0.05, 0) is 44.7 Å². The van der Waals surface area contributed by atoms with Crippen molar-refractivity contribution >= 4 is 35.6 Å². The second-order valence-corrected chi connectivity index (χ2v) is 6.56. The van der Waals surface area contributed by atoms with Crippen molar-refractivity contribution in [3.63, 3.8) is 0 Å². The fraction of sp³-hybridized carbons (Fsp3) is 0.650. The molecule has 1 heterocycles. The van der Waals surface area contributed by atoms with E-state index < -0.39 is 0 Å². The highest BCUT2D eigenvalue weighted by Gasteiger charge is 2.25. The van der Waals surface area contributed by atoms with Crippen LogP contribution in [0.15, 0.2) is 29.3 Å². The minimum atomic E-state index is 0. The van der Waals surface area contributed by atoms with Gasteiger partial charge < -0.3 is 25.0 Å². The van der Waals surface area contributed by atoms with Crippen molar-refractivity contribution in [1.82, 2.24) is 10.6 Å². The lowest BCUT2D eigenvalue weighted by molar-refractivity contribution is 0.192. The molecule has 1 aromatic carbocycles. The molecule has 1 aromatic rings. The lowest BCUT2D eigenvalue weighted by Gasteiger charge is -2.22. The summed E-state index contributed by atoms with van der Waals surface area (Å²) in [6.45, 7) is 6.64. The first-order valence-corrected chi connectivity index (χ1v) is 9.70. The molecule has 0 aliphatic carbocycles. The third-order valence-corrected chi connectivity index (χ3v) is 4.58. The van der Waals surface area contributed by atoms with Crippen LogP contribution in [0.5, 0.6) is 5.75 Å². The van der Waals surface area contributed by atoms with Crippen LogP contribution < -0.4 is 20.3 Å². The Hall–Kier alpha value is -1.22. The number of halogens is 1. The van der Waals surface area contributed by atoms with Crippen molar-refractivity contribution in [2.45, 2.75) is 38.6 Å². The second kappa shape index (κ2) is 13.9.